The number of halogens is 1. The van der Waals surface area contributed by atoms with Crippen molar-refractivity contribution >= 4 is 33.4 Å². The predicted molar refractivity (Wildman–Crippen MR) is 110 cm³/mol. The molecule has 3 rings (SSSR count). The number of hydrazine groups is 1. The number of nitrogens with one attached hydrogen (secondary N) is 2. The standard InChI is InChI=1S/C20H16ClN3O4S/c21-16-8-12-18(13-9-16)29(27,28)24-19(14-4-2-1-3-5-14)22-23-20(26)15-6-10-17(25)11-7-15/h1-13,25H,(H,22,24)(H,23,26). The van der Waals surface area contributed by atoms with Crippen LogP contribution in [0.1, 0.15) is 15.9 Å². The number of benzene rings is 3. The Morgan fingerprint density at radius 2 is 1.45 bits per heavy atom. The Morgan fingerprint density at radius 3 is 2.07 bits per heavy atom. The zero-order chi connectivity index (χ0) is 20.9. The molecule has 0 aliphatic heterocycles. The minimum atomic E-state index is -4.06. The molecule has 0 radical (unpaired) electrons. The highest BCUT2D eigenvalue weighted by atomic mass is 35.5. The van der Waals surface area contributed by atoms with E-state index in [1.165, 1.54) is 48.5 Å². The molecule has 0 aromatic heterocycles. The number of hydrogen-bond acceptors (Lipinski definition) is 4. The SMILES string of the molecule is O=C(NNC(=NS(=O)(=O)c1ccc(Cl)cc1)c1ccccc1)c1ccc(O)cc1. The Hall–Kier alpha value is -3.36. The lowest BCUT2D eigenvalue weighted by Crippen LogP contribution is -2.42. The van der Waals surface area contributed by atoms with Gasteiger partial charge in [-0.1, -0.05) is 41.9 Å². The summed E-state index contributed by atoms with van der Waals surface area (Å²) in [5.41, 5.74) is 5.70. The van der Waals surface area contributed by atoms with Crippen LogP contribution in [0.2, 0.25) is 5.02 Å². The Labute approximate surface area is 172 Å². The maximum atomic E-state index is 12.7. The average molecular weight is 430 g/mol. The highest BCUT2D eigenvalue weighted by molar-refractivity contribution is 7.90. The van der Waals surface area contributed by atoms with E-state index in [4.69, 9.17) is 11.6 Å². The molecular formula is C20H16ClN3O4S. The number of sulfonamides is 1. The molecule has 0 bridgehead atoms. The molecular weight excluding hydrogens is 414 g/mol. The second-order valence-electron chi connectivity index (χ2n) is 5.86. The average Bonchev–Trinajstić information content (AvgIpc) is 2.72. The van der Waals surface area contributed by atoms with Gasteiger partial charge in [0.2, 0.25) is 0 Å². The van der Waals surface area contributed by atoms with Crippen molar-refractivity contribution < 1.29 is 18.3 Å². The van der Waals surface area contributed by atoms with Crippen LogP contribution in [0.25, 0.3) is 0 Å². The molecule has 0 aliphatic carbocycles. The lowest BCUT2D eigenvalue weighted by atomic mass is 10.2. The fraction of sp³-hybridized carbons (Fsp3) is 0. The van der Waals surface area contributed by atoms with Crippen LogP contribution in [0.15, 0.2) is 88.2 Å². The van der Waals surface area contributed by atoms with Crippen LogP contribution in [0.3, 0.4) is 0 Å². The van der Waals surface area contributed by atoms with Gasteiger partial charge in [0.1, 0.15) is 5.75 Å². The van der Waals surface area contributed by atoms with Crippen molar-refractivity contribution in [3.8, 4) is 5.75 Å². The summed E-state index contributed by atoms with van der Waals surface area (Å²) in [6.07, 6.45) is 0. The number of phenolic OH excluding ortho intramolecular Hbond substituents is 1. The molecule has 1 amide bonds. The fourth-order valence-electron chi connectivity index (χ4n) is 2.32. The lowest BCUT2D eigenvalue weighted by molar-refractivity contribution is 0.0944. The molecule has 3 N–H and O–H groups in total. The molecule has 0 saturated carbocycles. The van der Waals surface area contributed by atoms with Crippen LogP contribution < -0.4 is 10.9 Å². The summed E-state index contributed by atoms with van der Waals surface area (Å²) < 4.78 is 29.2. The first kappa shape index (κ1) is 20.4. The summed E-state index contributed by atoms with van der Waals surface area (Å²) in [5.74, 6) is -0.569. The zero-order valence-electron chi connectivity index (χ0n) is 14.9. The first-order valence-electron chi connectivity index (χ1n) is 8.36. The molecule has 0 aliphatic rings. The van der Waals surface area contributed by atoms with Crippen LogP contribution >= 0.6 is 11.6 Å². The fourth-order valence-corrected chi connectivity index (χ4v) is 3.43. The summed E-state index contributed by atoms with van der Waals surface area (Å²) in [5, 5.41) is 9.72. The Morgan fingerprint density at radius 1 is 0.828 bits per heavy atom. The van der Waals surface area contributed by atoms with Crippen molar-refractivity contribution in [2.75, 3.05) is 0 Å². The van der Waals surface area contributed by atoms with Crippen LogP contribution in [0.4, 0.5) is 0 Å². The first-order chi connectivity index (χ1) is 13.8. The monoisotopic (exact) mass is 429 g/mol. The Bertz CT molecular complexity index is 1130. The molecule has 3 aromatic carbocycles. The summed E-state index contributed by atoms with van der Waals surface area (Å²) in [6, 6.07) is 19.7. The van der Waals surface area contributed by atoms with Crippen LogP contribution in [-0.2, 0) is 10.0 Å². The lowest BCUT2D eigenvalue weighted by Gasteiger charge is -2.12. The molecule has 9 heteroatoms. The number of rotatable bonds is 4. The third-order valence-electron chi connectivity index (χ3n) is 3.79. The third-order valence-corrected chi connectivity index (χ3v) is 5.34. The van der Waals surface area contributed by atoms with Crippen molar-refractivity contribution in [3.63, 3.8) is 0 Å². The summed E-state index contributed by atoms with van der Waals surface area (Å²) in [4.78, 5) is 12.3. The molecule has 0 saturated heterocycles. The van der Waals surface area contributed by atoms with Gasteiger partial charge in [0.05, 0.1) is 4.90 Å². The molecule has 0 heterocycles. The molecule has 148 valence electrons. The predicted octanol–water partition coefficient (Wildman–Crippen LogP) is 3.12. The molecule has 3 aromatic rings. The van der Waals surface area contributed by atoms with Crippen molar-refractivity contribution in [3.05, 3.63) is 95.0 Å². The summed E-state index contributed by atoms with van der Waals surface area (Å²) in [6.45, 7) is 0. The van der Waals surface area contributed by atoms with Crippen molar-refractivity contribution in [2.24, 2.45) is 4.40 Å². The second kappa shape index (κ2) is 8.76. The topological polar surface area (TPSA) is 108 Å². The molecule has 0 spiro atoms. The Kier molecular flexibility index (Phi) is 6.16. The quantitative estimate of drug-likeness (QED) is 0.335. The number of aromatic hydroxyl groups is 1. The van der Waals surface area contributed by atoms with Crippen LogP contribution in [0.5, 0.6) is 5.75 Å². The Balaban J connectivity index is 1.89. The van der Waals surface area contributed by atoms with Gasteiger partial charge in [-0.2, -0.15) is 8.42 Å². The van der Waals surface area contributed by atoms with Crippen molar-refractivity contribution in [1.29, 1.82) is 0 Å². The number of amides is 1. The third kappa shape index (κ3) is 5.34. The smallest absolute Gasteiger partial charge is 0.284 e. The van der Waals surface area contributed by atoms with Gasteiger partial charge in [-0.05, 0) is 48.5 Å². The molecule has 7 nitrogen and oxygen atoms in total. The van der Waals surface area contributed by atoms with Gasteiger partial charge in [-0.15, -0.1) is 4.40 Å². The van der Waals surface area contributed by atoms with Crippen LogP contribution in [-0.4, -0.2) is 25.3 Å². The van der Waals surface area contributed by atoms with Crippen molar-refractivity contribution in [2.45, 2.75) is 4.90 Å². The van der Waals surface area contributed by atoms with E-state index in [1.54, 1.807) is 30.3 Å². The second-order valence-corrected chi connectivity index (χ2v) is 7.90. The van der Waals surface area contributed by atoms with E-state index >= 15 is 0 Å². The molecule has 0 unspecified atom stereocenters. The van der Waals surface area contributed by atoms with E-state index in [0.29, 0.717) is 10.6 Å². The number of phenols is 1. The normalized spacial score (nSPS) is 11.7. The molecule has 0 fully saturated rings. The maximum absolute atomic E-state index is 12.7. The van der Waals surface area contributed by atoms with Gasteiger partial charge in [0, 0.05) is 16.1 Å². The van der Waals surface area contributed by atoms with Gasteiger partial charge in [0.15, 0.2) is 5.84 Å². The van der Waals surface area contributed by atoms with Crippen LogP contribution in [0, 0.1) is 0 Å². The van der Waals surface area contributed by atoms with E-state index < -0.39 is 15.9 Å². The van der Waals surface area contributed by atoms with Gasteiger partial charge in [-0.25, -0.2) is 0 Å². The number of carbonyl (C=O) groups is 1. The largest absolute Gasteiger partial charge is 0.508 e. The van der Waals surface area contributed by atoms with E-state index in [-0.39, 0.29) is 22.0 Å². The number of nitrogens with zero attached hydrogens (tertiary/aromatic N) is 1. The maximum Gasteiger partial charge on any atom is 0.284 e. The first-order valence-corrected chi connectivity index (χ1v) is 10.2. The summed E-state index contributed by atoms with van der Waals surface area (Å²) >= 11 is 5.81. The number of carbonyl (C=O) groups excluding carboxylic acids is 1. The van der Waals surface area contributed by atoms with E-state index in [1.807, 2.05) is 0 Å². The number of amidine groups is 1. The van der Waals surface area contributed by atoms with Gasteiger partial charge >= 0.3 is 0 Å². The van der Waals surface area contributed by atoms with Gasteiger partial charge in [-0.3, -0.25) is 15.6 Å². The zero-order valence-corrected chi connectivity index (χ0v) is 16.5. The number of hydrogen-bond donors (Lipinski definition) is 3. The van der Waals surface area contributed by atoms with Crippen molar-refractivity contribution in [1.82, 2.24) is 10.9 Å². The summed E-state index contributed by atoms with van der Waals surface area (Å²) in [7, 11) is -4.06. The van der Waals surface area contributed by atoms with E-state index in [2.05, 4.69) is 15.2 Å². The van der Waals surface area contributed by atoms with E-state index in [0.717, 1.165) is 0 Å². The minimum Gasteiger partial charge on any atom is -0.508 e. The van der Waals surface area contributed by atoms with E-state index in [9.17, 15) is 18.3 Å². The molecule has 0 atom stereocenters. The van der Waals surface area contributed by atoms with Gasteiger partial charge < -0.3 is 5.11 Å². The molecule has 29 heavy (non-hydrogen) atoms. The highest BCUT2D eigenvalue weighted by Gasteiger charge is 2.16. The van der Waals surface area contributed by atoms with Gasteiger partial charge in [0.25, 0.3) is 15.9 Å². The minimum absolute atomic E-state index is 0.0232. The highest BCUT2D eigenvalue weighted by Crippen LogP contribution is 2.17.